The van der Waals surface area contributed by atoms with E-state index in [2.05, 4.69) is 36.4 Å². The Balaban J connectivity index is 0.000000161. The molecule has 2 aromatic heterocycles. The molecule has 0 N–H and O–H groups in total. The molecule has 4 nitrogen and oxygen atoms in total. The molecule has 0 unspecified atom stereocenters. The molecule has 0 radical (unpaired) electrons. The van der Waals surface area contributed by atoms with E-state index in [1.807, 2.05) is 100 Å². The van der Waals surface area contributed by atoms with Gasteiger partial charge in [-0.25, -0.2) is 0 Å². The van der Waals surface area contributed by atoms with Crippen molar-refractivity contribution in [3.63, 3.8) is 0 Å². The quantitative estimate of drug-likeness (QED) is 0.178. The Hall–Kier alpha value is -4.70. The van der Waals surface area contributed by atoms with E-state index in [0.29, 0.717) is 12.8 Å². The normalized spacial score (nSPS) is 10.9. The first-order valence-electron chi connectivity index (χ1n) is 13.6. The van der Waals surface area contributed by atoms with Gasteiger partial charge in [0.25, 0.3) is 0 Å². The van der Waals surface area contributed by atoms with E-state index in [9.17, 15) is 10.4 Å². The molecule has 0 aliphatic carbocycles. The third-order valence-electron chi connectivity index (χ3n) is 7.84. The first-order chi connectivity index (χ1) is 19.4. The van der Waals surface area contributed by atoms with E-state index in [4.69, 9.17) is 0 Å². The van der Waals surface area contributed by atoms with E-state index in [1.165, 1.54) is 10.8 Å². The number of hydrogen-bond donors (Lipinski definition) is 0. The minimum Gasteiger partial charge on any atom is -0.618 e. The number of hydrogen-bond acceptors (Lipinski definition) is 2. The van der Waals surface area contributed by atoms with Gasteiger partial charge in [0.1, 0.15) is 0 Å². The maximum Gasteiger partial charge on any atom is 0.200 e. The summed E-state index contributed by atoms with van der Waals surface area (Å²) < 4.78 is 2.18. The van der Waals surface area contributed by atoms with Gasteiger partial charge in [-0.15, -0.1) is 0 Å². The number of nitrogens with zero attached hydrogens (tertiary/aromatic N) is 2. The Morgan fingerprint density at radius 2 is 0.725 bits per heavy atom. The molecule has 0 bridgehead atoms. The zero-order chi connectivity index (χ0) is 28.2. The maximum absolute atomic E-state index is 12.5. The molecule has 0 amide bonds. The first-order valence-corrected chi connectivity index (χ1v) is 13.6. The highest BCUT2D eigenvalue weighted by Gasteiger charge is 2.19. The van der Waals surface area contributed by atoms with Crippen LogP contribution in [0.4, 0.5) is 0 Å². The van der Waals surface area contributed by atoms with Gasteiger partial charge in [0.2, 0.25) is 11.4 Å². The van der Waals surface area contributed by atoms with E-state index < -0.39 is 0 Å². The van der Waals surface area contributed by atoms with E-state index in [-0.39, 0.29) is 0 Å². The summed E-state index contributed by atoms with van der Waals surface area (Å²) in [5.74, 6) is 0. The molecular weight excluding hydrogens is 492 g/mol. The van der Waals surface area contributed by atoms with Crippen molar-refractivity contribution in [2.75, 3.05) is 0 Å². The van der Waals surface area contributed by atoms with Crippen LogP contribution >= 0.6 is 0 Å². The fraction of sp³-hybridized carbons (Fsp3) is 0.167. The van der Waals surface area contributed by atoms with Crippen molar-refractivity contribution in [3.05, 3.63) is 165 Å². The minimum atomic E-state index is 0.668. The molecule has 0 fully saturated rings. The van der Waals surface area contributed by atoms with Crippen molar-refractivity contribution in [2.45, 2.75) is 40.5 Å². The Kier molecular flexibility index (Phi) is 7.79. The molecule has 200 valence electrons. The summed E-state index contributed by atoms with van der Waals surface area (Å²) in [6.07, 6.45) is 1.34. The van der Waals surface area contributed by atoms with Gasteiger partial charge in [0.15, 0.2) is 11.4 Å². The Morgan fingerprint density at radius 3 is 1.07 bits per heavy atom. The van der Waals surface area contributed by atoms with Crippen molar-refractivity contribution in [1.82, 2.24) is 0 Å². The second-order valence-corrected chi connectivity index (χ2v) is 10.3. The zero-order valence-electron chi connectivity index (χ0n) is 23.5. The molecule has 4 aromatic carbocycles. The largest absolute Gasteiger partial charge is 0.618 e. The van der Waals surface area contributed by atoms with Gasteiger partial charge in [-0.2, -0.15) is 9.46 Å². The molecular formula is C36H34N2O2. The molecule has 0 saturated carbocycles. The molecule has 0 atom stereocenters. The Labute approximate surface area is 236 Å². The van der Waals surface area contributed by atoms with Crippen LogP contribution in [0.5, 0.6) is 0 Å². The predicted octanol–water partition coefficient (Wildman–Crippen LogP) is 7.36. The molecule has 0 saturated heterocycles. The predicted molar refractivity (Wildman–Crippen MR) is 163 cm³/mol. The lowest BCUT2D eigenvalue weighted by molar-refractivity contribution is -0.619. The Morgan fingerprint density at radius 1 is 0.425 bits per heavy atom. The van der Waals surface area contributed by atoms with Crippen LogP contribution in [-0.2, 0) is 12.8 Å². The van der Waals surface area contributed by atoms with Crippen molar-refractivity contribution in [1.29, 1.82) is 0 Å². The lowest BCUT2D eigenvalue weighted by Gasteiger charge is -2.13. The zero-order valence-corrected chi connectivity index (χ0v) is 23.5. The SMILES string of the molecule is Cc1c(Cc2ccccc2)[n+]([O-])c(C)c2ccccc12.Cc1c(Cc2ccccc2)[n+]([O-])c(C)c2ccccc12. The topological polar surface area (TPSA) is 53.9 Å². The Bertz CT molecular complexity index is 1660. The minimum absolute atomic E-state index is 0.668. The van der Waals surface area contributed by atoms with Crippen LogP contribution in [0, 0.1) is 38.1 Å². The summed E-state index contributed by atoms with van der Waals surface area (Å²) in [5.41, 5.74) is 7.70. The van der Waals surface area contributed by atoms with Crippen LogP contribution in [0.3, 0.4) is 0 Å². The van der Waals surface area contributed by atoms with Crippen LogP contribution in [-0.4, -0.2) is 0 Å². The van der Waals surface area contributed by atoms with Gasteiger partial charge in [-0.05, 0) is 47.9 Å². The summed E-state index contributed by atoms with van der Waals surface area (Å²) in [5, 5.41) is 29.5. The number of pyridine rings is 2. The third-order valence-corrected chi connectivity index (χ3v) is 7.84. The monoisotopic (exact) mass is 526 g/mol. The van der Waals surface area contributed by atoms with E-state index >= 15 is 0 Å². The average molecular weight is 527 g/mol. The number of aryl methyl sites for hydroxylation is 4. The first kappa shape index (κ1) is 26.9. The van der Waals surface area contributed by atoms with Crippen LogP contribution in [0.2, 0.25) is 0 Å². The maximum atomic E-state index is 12.5. The van der Waals surface area contributed by atoms with Crippen molar-refractivity contribution >= 4 is 21.5 Å². The smallest absolute Gasteiger partial charge is 0.200 e. The highest BCUT2D eigenvalue weighted by atomic mass is 16.5. The highest BCUT2D eigenvalue weighted by molar-refractivity contribution is 5.87. The summed E-state index contributed by atoms with van der Waals surface area (Å²) >= 11 is 0. The number of rotatable bonds is 4. The lowest BCUT2D eigenvalue weighted by Crippen LogP contribution is -2.36. The standard InChI is InChI=1S/2C18H17NO/c2*1-13-16-10-6-7-11-17(16)14(2)19(20)18(13)12-15-8-4-3-5-9-15/h2*3-11H,12H2,1-2H3. The molecule has 2 heterocycles. The third kappa shape index (κ3) is 5.26. The molecule has 0 aliphatic heterocycles. The molecule has 6 rings (SSSR count). The van der Waals surface area contributed by atoms with Crippen molar-refractivity contribution in [3.8, 4) is 0 Å². The van der Waals surface area contributed by atoms with Crippen LogP contribution < -0.4 is 9.46 Å². The summed E-state index contributed by atoms with van der Waals surface area (Å²) in [4.78, 5) is 0. The second-order valence-electron chi connectivity index (χ2n) is 10.3. The van der Waals surface area contributed by atoms with E-state index in [1.54, 1.807) is 0 Å². The molecule has 6 aromatic rings. The lowest BCUT2D eigenvalue weighted by atomic mass is 9.99. The van der Waals surface area contributed by atoms with Gasteiger partial charge < -0.3 is 10.4 Å². The van der Waals surface area contributed by atoms with E-state index in [0.717, 1.165) is 65.3 Å². The van der Waals surface area contributed by atoms with Gasteiger partial charge in [-0.3, -0.25) is 0 Å². The van der Waals surface area contributed by atoms with Gasteiger partial charge >= 0.3 is 0 Å². The van der Waals surface area contributed by atoms with Crippen LogP contribution in [0.15, 0.2) is 109 Å². The van der Waals surface area contributed by atoms with Crippen LogP contribution in [0.1, 0.15) is 45.0 Å². The molecule has 4 heteroatoms. The summed E-state index contributed by atoms with van der Waals surface area (Å²) in [6.45, 7) is 7.86. The fourth-order valence-electron chi connectivity index (χ4n) is 5.48. The van der Waals surface area contributed by atoms with Gasteiger partial charge in [0, 0.05) is 25.0 Å². The summed E-state index contributed by atoms with van der Waals surface area (Å²) in [6, 6.07) is 36.5. The number of aromatic nitrogens is 2. The van der Waals surface area contributed by atoms with Crippen molar-refractivity contribution < 1.29 is 9.46 Å². The van der Waals surface area contributed by atoms with Gasteiger partial charge in [-0.1, -0.05) is 97.1 Å². The molecule has 0 aliphatic rings. The second kappa shape index (κ2) is 11.6. The highest BCUT2D eigenvalue weighted by Crippen LogP contribution is 2.24. The fourth-order valence-corrected chi connectivity index (χ4v) is 5.48. The number of fused-ring (bicyclic) bond motifs is 2. The number of benzene rings is 4. The molecule has 0 spiro atoms. The van der Waals surface area contributed by atoms with Crippen molar-refractivity contribution in [2.24, 2.45) is 0 Å². The molecule has 40 heavy (non-hydrogen) atoms. The van der Waals surface area contributed by atoms with Crippen LogP contribution in [0.25, 0.3) is 21.5 Å². The summed E-state index contributed by atoms with van der Waals surface area (Å²) in [7, 11) is 0. The van der Waals surface area contributed by atoms with Gasteiger partial charge in [0.05, 0.1) is 23.6 Å². The average Bonchev–Trinajstić information content (AvgIpc) is 3.00.